The highest BCUT2D eigenvalue weighted by Gasteiger charge is 2.23. The quantitative estimate of drug-likeness (QED) is 0.816. The lowest BCUT2D eigenvalue weighted by molar-refractivity contribution is -0.144. The number of nitriles is 1. The lowest BCUT2D eigenvalue weighted by atomic mass is 10.2. The topological polar surface area (TPSA) is 96.3 Å². The van der Waals surface area contributed by atoms with E-state index >= 15 is 0 Å². The number of sulfonamides is 1. The average Bonchev–Trinajstić information content (AvgIpc) is 2.38. The van der Waals surface area contributed by atoms with Crippen LogP contribution in [-0.4, -0.2) is 27.0 Å². The van der Waals surface area contributed by atoms with Gasteiger partial charge in [-0.05, 0) is 32.0 Å². The maximum atomic E-state index is 13.1. The molecule has 0 saturated heterocycles. The first-order valence-electron chi connectivity index (χ1n) is 5.70. The number of hydrogen-bond acceptors (Lipinski definition) is 5. The van der Waals surface area contributed by atoms with Gasteiger partial charge in [0.15, 0.2) is 0 Å². The number of esters is 1. The summed E-state index contributed by atoms with van der Waals surface area (Å²) in [6.45, 7) is 3.04. The molecule has 8 heteroatoms. The summed E-state index contributed by atoms with van der Waals surface area (Å²) in [6, 6.07) is 3.24. The maximum absolute atomic E-state index is 13.1. The van der Waals surface area contributed by atoms with E-state index in [-0.39, 0.29) is 11.5 Å². The molecule has 6 nitrogen and oxygen atoms in total. The van der Waals surface area contributed by atoms with Gasteiger partial charge in [0.25, 0.3) is 0 Å². The number of ether oxygens (including phenoxy) is 1. The molecule has 0 aliphatic carbocycles. The van der Waals surface area contributed by atoms with E-state index < -0.39 is 33.4 Å². The molecule has 1 N–H and O–H groups in total. The minimum absolute atomic E-state index is 0.125. The van der Waals surface area contributed by atoms with Crippen LogP contribution in [0.1, 0.15) is 19.4 Å². The highest BCUT2D eigenvalue weighted by molar-refractivity contribution is 7.89. The second kappa shape index (κ2) is 6.45. The molecule has 0 amide bonds. The van der Waals surface area contributed by atoms with Gasteiger partial charge in [-0.25, -0.2) is 12.8 Å². The van der Waals surface area contributed by atoms with E-state index in [2.05, 4.69) is 9.46 Å². The van der Waals surface area contributed by atoms with Crippen LogP contribution in [0.15, 0.2) is 23.1 Å². The van der Waals surface area contributed by atoms with Gasteiger partial charge < -0.3 is 4.74 Å². The number of benzene rings is 1. The number of hydrogen-bond donors (Lipinski definition) is 1. The molecule has 20 heavy (non-hydrogen) atoms. The number of nitrogens with one attached hydrogen (secondary N) is 1. The largest absolute Gasteiger partial charge is 0.465 e. The van der Waals surface area contributed by atoms with Crippen molar-refractivity contribution in [3.63, 3.8) is 0 Å². The van der Waals surface area contributed by atoms with Crippen LogP contribution in [0.2, 0.25) is 0 Å². The van der Waals surface area contributed by atoms with Gasteiger partial charge in [-0.1, -0.05) is 0 Å². The van der Waals surface area contributed by atoms with E-state index in [0.29, 0.717) is 0 Å². The first-order chi connectivity index (χ1) is 9.31. The van der Waals surface area contributed by atoms with Crippen LogP contribution >= 0.6 is 0 Å². The molecule has 1 aromatic rings. The molecule has 0 bridgehead atoms. The van der Waals surface area contributed by atoms with Crippen molar-refractivity contribution in [1.82, 2.24) is 4.72 Å². The molecule has 0 saturated carbocycles. The predicted molar refractivity (Wildman–Crippen MR) is 67.5 cm³/mol. The lowest BCUT2D eigenvalue weighted by Crippen LogP contribution is -2.39. The predicted octanol–water partition coefficient (Wildman–Crippen LogP) is 0.927. The molecule has 1 rings (SSSR count). The van der Waals surface area contributed by atoms with Crippen molar-refractivity contribution in [1.29, 1.82) is 5.26 Å². The Bertz CT molecular complexity index is 652. The molecule has 108 valence electrons. The van der Waals surface area contributed by atoms with Crippen molar-refractivity contribution in [2.45, 2.75) is 24.8 Å². The van der Waals surface area contributed by atoms with E-state index in [1.165, 1.54) is 6.92 Å². The molecular weight excluding hydrogens is 287 g/mol. The molecule has 0 heterocycles. The fourth-order valence-corrected chi connectivity index (χ4v) is 2.59. The fourth-order valence-electron chi connectivity index (χ4n) is 1.37. The number of halogens is 1. The van der Waals surface area contributed by atoms with Crippen molar-refractivity contribution < 1.29 is 22.3 Å². The Morgan fingerprint density at radius 2 is 2.20 bits per heavy atom. The second-order valence-corrected chi connectivity index (χ2v) is 5.56. The van der Waals surface area contributed by atoms with Crippen LogP contribution in [-0.2, 0) is 19.6 Å². The van der Waals surface area contributed by atoms with E-state index in [4.69, 9.17) is 5.26 Å². The molecule has 0 aromatic heterocycles. The third kappa shape index (κ3) is 3.76. The Hall–Kier alpha value is -1.98. The Labute approximate surface area is 116 Å². The van der Waals surface area contributed by atoms with Crippen molar-refractivity contribution in [3.8, 4) is 6.07 Å². The van der Waals surface area contributed by atoms with Gasteiger partial charge in [0.1, 0.15) is 17.9 Å². The highest BCUT2D eigenvalue weighted by atomic mass is 32.2. The minimum atomic E-state index is -4.04. The van der Waals surface area contributed by atoms with Crippen LogP contribution in [0.4, 0.5) is 4.39 Å². The van der Waals surface area contributed by atoms with Gasteiger partial charge in [-0.3, -0.25) is 4.79 Å². The van der Waals surface area contributed by atoms with E-state index in [9.17, 15) is 17.6 Å². The normalized spacial score (nSPS) is 12.5. The van der Waals surface area contributed by atoms with E-state index in [0.717, 1.165) is 18.2 Å². The fraction of sp³-hybridized carbons (Fsp3) is 0.333. The van der Waals surface area contributed by atoms with Crippen LogP contribution < -0.4 is 4.72 Å². The van der Waals surface area contributed by atoms with Gasteiger partial charge in [-0.15, -0.1) is 0 Å². The van der Waals surface area contributed by atoms with Crippen molar-refractivity contribution in [2.24, 2.45) is 0 Å². The summed E-state index contributed by atoms with van der Waals surface area (Å²) < 4.78 is 43.9. The summed E-state index contributed by atoms with van der Waals surface area (Å²) in [5.74, 6) is -1.54. The zero-order valence-electron chi connectivity index (χ0n) is 10.9. The van der Waals surface area contributed by atoms with Crippen LogP contribution in [0.25, 0.3) is 0 Å². The maximum Gasteiger partial charge on any atom is 0.323 e. The van der Waals surface area contributed by atoms with Gasteiger partial charge in [0.05, 0.1) is 17.1 Å². The zero-order valence-corrected chi connectivity index (χ0v) is 11.7. The smallest absolute Gasteiger partial charge is 0.323 e. The van der Waals surface area contributed by atoms with Gasteiger partial charge in [0, 0.05) is 0 Å². The molecule has 0 radical (unpaired) electrons. The standard InChI is InChI=1S/C12H13FN2O4S/c1-3-19-12(16)8(2)15-20(17,18)10-4-5-11(13)9(6-10)7-14/h4-6,8,15H,3H2,1-2H3. The summed E-state index contributed by atoms with van der Waals surface area (Å²) in [6.07, 6.45) is 0. The Kier molecular flexibility index (Phi) is 5.19. The lowest BCUT2D eigenvalue weighted by Gasteiger charge is -2.13. The van der Waals surface area contributed by atoms with E-state index in [1.807, 2.05) is 0 Å². The third-order valence-corrected chi connectivity index (χ3v) is 3.88. The minimum Gasteiger partial charge on any atom is -0.465 e. The molecule has 0 fully saturated rings. The number of nitrogens with zero attached hydrogens (tertiary/aromatic N) is 1. The first kappa shape index (κ1) is 16.1. The van der Waals surface area contributed by atoms with Crippen LogP contribution in [0.5, 0.6) is 0 Å². The second-order valence-electron chi connectivity index (χ2n) is 3.85. The Morgan fingerprint density at radius 3 is 2.75 bits per heavy atom. The summed E-state index contributed by atoms with van der Waals surface area (Å²) in [5, 5.41) is 8.67. The molecule has 0 spiro atoms. The molecule has 1 atom stereocenters. The molecule has 1 aromatic carbocycles. The van der Waals surface area contributed by atoms with Gasteiger partial charge in [-0.2, -0.15) is 9.98 Å². The van der Waals surface area contributed by atoms with Gasteiger partial charge in [0.2, 0.25) is 10.0 Å². The SMILES string of the molecule is CCOC(=O)C(C)NS(=O)(=O)c1ccc(F)c(C#N)c1. The summed E-state index contributed by atoms with van der Waals surface area (Å²) in [7, 11) is -4.04. The van der Waals surface area contributed by atoms with E-state index in [1.54, 1.807) is 13.0 Å². The number of rotatable bonds is 5. The zero-order chi connectivity index (χ0) is 15.3. The molecular formula is C12H13FN2O4S. The van der Waals surface area contributed by atoms with Crippen molar-refractivity contribution in [2.75, 3.05) is 6.61 Å². The number of carbonyl (C=O) groups is 1. The monoisotopic (exact) mass is 300 g/mol. The Morgan fingerprint density at radius 1 is 1.55 bits per heavy atom. The number of carbonyl (C=O) groups excluding carboxylic acids is 1. The first-order valence-corrected chi connectivity index (χ1v) is 7.18. The summed E-state index contributed by atoms with van der Waals surface area (Å²) in [4.78, 5) is 11.1. The molecule has 0 aliphatic rings. The van der Waals surface area contributed by atoms with Crippen LogP contribution in [0.3, 0.4) is 0 Å². The summed E-state index contributed by atoms with van der Waals surface area (Å²) in [5.41, 5.74) is -0.392. The Balaban J connectivity index is 3.00. The third-order valence-electron chi connectivity index (χ3n) is 2.34. The van der Waals surface area contributed by atoms with Crippen LogP contribution in [0, 0.1) is 17.1 Å². The highest BCUT2D eigenvalue weighted by Crippen LogP contribution is 2.14. The molecule has 0 aliphatic heterocycles. The average molecular weight is 300 g/mol. The van der Waals surface area contributed by atoms with Crippen molar-refractivity contribution >= 4 is 16.0 Å². The van der Waals surface area contributed by atoms with Gasteiger partial charge >= 0.3 is 5.97 Å². The summed E-state index contributed by atoms with van der Waals surface area (Å²) >= 11 is 0. The molecule has 1 unspecified atom stereocenters. The van der Waals surface area contributed by atoms with Crippen molar-refractivity contribution in [3.05, 3.63) is 29.6 Å².